The van der Waals surface area contributed by atoms with Crippen molar-refractivity contribution >= 4 is 34.6 Å². The van der Waals surface area contributed by atoms with Crippen LogP contribution < -0.4 is 10.2 Å². The molecule has 0 fully saturated rings. The van der Waals surface area contributed by atoms with Gasteiger partial charge < -0.3 is 10.2 Å². The first-order chi connectivity index (χ1) is 10.0. The average molecular weight is 325 g/mol. The Labute approximate surface area is 135 Å². The van der Waals surface area contributed by atoms with E-state index < -0.39 is 0 Å². The van der Waals surface area contributed by atoms with Gasteiger partial charge in [-0.2, -0.15) is 0 Å². The van der Waals surface area contributed by atoms with E-state index in [0.717, 1.165) is 46.7 Å². The summed E-state index contributed by atoms with van der Waals surface area (Å²) in [4.78, 5) is 12.7. The predicted octanol–water partition coefficient (Wildman–Crippen LogP) is 4.13. The van der Waals surface area contributed by atoms with Gasteiger partial charge in [0.15, 0.2) is 0 Å². The summed E-state index contributed by atoms with van der Waals surface area (Å²) in [5, 5.41) is 3.16. The molecule has 2 aromatic heterocycles. The molecule has 0 radical (unpaired) electrons. The van der Waals surface area contributed by atoms with Crippen LogP contribution in [0.4, 0.5) is 11.6 Å². The lowest BCUT2D eigenvalue weighted by molar-refractivity contribution is 0.810. The van der Waals surface area contributed by atoms with Crippen LogP contribution in [-0.4, -0.2) is 24.1 Å². The third-order valence-corrected chi connectivity index (χ3v) is 4.48. The van der Waals surface area contributed by atoms with Gasteiger partial charge in [-0.15, -0.1) is 11.3 Å². The van der Waals surface area contributed by atoms with Crippen LogP contribution in [0.3, 0.4) is 0 Å². The maximum absolute atomic E-state index is 6.00. The Kier molecular flexibility index (Phi) is 5.42. The Morgan fingerprint density at radius 1 is 1.33 bits per heavy atom. The van der Waals surface area contributed by atoms with Gasteiger partial charge in [0, 0.05) is 31.0 Å². The third kappa shape index (κ3) is 3.86. The molecule has 0 saturated heterocycles. The number of halogens is 1. The highest BCUT2D eigenvalue weighted by Crippen LogP contribution is 2.27. The Hall–Kier alpha value is -1.33. The number of hydrogen-bond acceptors (Lipinski definition) is 5. The molecule has 0 aliphatic rings. The van der Waals surface area contributed by atoms with Crippen molar-refractivity contribution in [3.63, 3.8) is 0 Å². The van der Waals surface area contributed by atoms with Crippen molar-refractivity contribution in [2.75, 3.05) is 24.3 Å². The Morgan fingerprint density at radius 2 is 2.10 bits per heavy atom. The fraction of sp³-hybridized carbons (Fsp3) is 0.467. The zero-order valence-electron chi connectivity index (χ0n) is 12.9. The highest BCUT2D eigenvalue weighted by molar-refractivity contribution is 7.16. The van der Waals surface area contributed by atoms with Gasteiger partial charge in [-0.1, -0.05) is 18.5 Å². The van der Waals surface area contributed by atoms with Crippen LogP contribution in [0.15, 0.2) is 12.1 Å². The molecule has 0 aliphatic carbocycles. The lowest BCUT2D eigenvalue weighted by Gasteiger charge is -2.21. The van der Waals surface area contributed by atoms with Gasteiger partial charge in [-0.3, -0.25) is 0 Å². The second kappa shape index (κ2) is 7.09. The second-order valence-corrected chi connectivity index (χ2v) is 6.80. The van der Waals surface area contributed by atoms with Crippen LogP contribution in [0, 0.1) is 6.92 Å². The quantitative estimate of drug-likeness (QED) is 0.867. The summed E-state index contributed by atoms with van der Waals surface area (Å²) < 4.78 is 0.820. The van der Waals surface area contributed by atoms with E-state index in [1.54, 1.807) is 11.3 Å². The summed E-state index contributed by atoms with van der Waals surface area (Å²) in [6, 6.07) is 4.00. The van der Waals surface area contributed by atoms with Crippen LogP contribution in [0.1, 0.15) is 29.6 Å². The molecule has 2 heterocycles. The average Bonchev–Trinajstić information content (AvgIpc) is 2.86. The van der Waals surface area contributed by atoms with Gasteiger partial charge in [0.2, 0.25) is 0 Å². The molecule has 0 unspecified atom stereocenters. The highest BCUT2D eigenvalue weighted by Gasteiger charge is 2.14. The van der Waals surface area contributed by atoms with E-state index in [1.807, 2.05) is 13.1 Å². The van der Waals surface area contributed by atoms with Gasteiger partial charge in [0.25, 0.3) is 0 Å². The molecule has 114 valence electrons. The van der Waals surface area contributed by atoms with Crippen molar-refractivity contribution in [1.29, 1.82) is 0 Å². The van der Waals surface area contributed by atoms with Gasteiger partial charge >= 0.3 is 0 Å². The molecule has 2 aromatic rings. The predicted molar refractivity (Wildman–Crippen MR) is 91.7 cm³/mol. The minimum atomic E-state index is 0.796. The highest BCUT2D eigenvalue weighted by atomic mass is 35.5. The van der Waals surface area contributed by atoms with E-state index in [1.165, 1.54) is 4.88 Å². The molecule has 0 spiro atoms. The molecule has 2 rings (SSSR count). The zero-order chi connectivity index (χ0) is 15.4. The standard InChI is InChI=1S/C15H21ClN4S/c1-5-6-13-18-14(17-3)10(2)15(19-13)20(4)9-11-7-8-12(16)21-11/h7-8H,5-6,9H2,1-4H3,(H,17,18,19). The third-order valence-electron chi connectivity index (χ3n) is 3.26. The maximum Gasteiger partial charge on any atom is 0.137 e. The molecule has 4 nitrogen and oxygen atoms in total. The zero-order valence-corrected chi connectivity index (χ0v) is 14.5. The van der Waals surface area contributed by atoms with E-state index in [0.29, 0.717) is 0 Å². The molecule has 6 heteroatoms. The number of hydrogen-bond donors (Lipinski definition) is 1. The molecular formula is C15H21ClN4S. The van der Waals surface area contributed by atoms with Crippen molar-refractivity contribution in [1.82, 2.24) is 9.97 Å². The Bertz CT molecular complexity index is 612. The number of nitrogens with one attached hydrogen (secondary N) is 1. The number of nitrogens with zero attached hydrogens (tertiary/aromatic N) is 3. The molecule has 21 heavy (non-hydrogen) atoms. The first-order valence-electron chi connectivity index (χ1n) is 7.05. The van der Waals surface area contributed by atoms with Gasteiger partial charge in [0.05, 0.1) is 10.9 Å². The largest absolute Gasteiger partial charge is 0.373 e. The van der Waals surface area contributed by atoms with Crippen molar-refractivity contribution in [3.05, 3.63) is 32.7 Å². The number of thiophene rings is 1. The van der Waals surface area contributed by atoms with Crippen LogP contribution in [0.5, 0.6) is 0 Å². The summed E-state index contributed by atoms with van der Waals surface area (Å²) in [7, 11) is 3.95. The smallest absolute Gasteiger partial charge is 0.137 e. The van der Waals surface area contributed by atoms with Crippen molar-refractivity contribution in [3.8, 4) is 0 Å². The number of aryl methyl sites for hydroxylation is 1. The lowest BCUT2D eigenvalue weighted by atomic mass is 10.2. The van der Waals surface area contributed by atoms with Gasteiger partial charge in [0.1, 0.15) is 17.5 Å². The molecule has 0 aromatic carbocycles. The van der Waals surface area contributed by atoms with E-state index in [9.17, 15) is 0 Å². The second-order valence-electron chi connectivity index (χ2n) is 5.00. The minimum absolute atomic E-state index is 0.796. The van der Waals surface area contributed by atoms with Crippen LogP contribution >= 0.6 is 22.9 Å². The number of aromatic nitrogens is 2. The summed E-state index contributed by atoms with van der Waals surface area (Å²) in [6.45, 7) is 4.98. The van der Waals surface area contributed by atoms with Crippen LogP contribution in [0.2, 0.25) is 4.34 Å². The summed E-state index contributed by atoms with van der Waals surface area (Å²) in [6.07, 6.45) is 1.93. The van der Waals surface area contributed by atoms with Gasteiger partial charge in [-0.25, -0.2) is 9.97 Å². The maximum atomic E-state index is 6.00. The van der Waals surface area contributed by atoms with Crippen molar-refractivity contribution in [2.24, 2.45) is 0 Å². The fourth-order valence-corrected chi connectivity index (χ4v) is 3.39. The molecule has 0 amide bonds. The molecular weight excluding hydrogens is 304 g/mol. The van der Waals surface area contributed by atoms with Crippen LogP contribution in [0.25, 0.3) is 0 Å². The Balaban J connectivity index is 2.29. The van der Waals surface area contributed by atoms with Crippen LogP contribution in [-0.2, 0) is 13.0 Å². The SMILES string of the molecule is CCCc1nc(NC)c(C)c(N(C)Cc2ccc(Cl)s2)n1. The lowest BCUT2D eigenvalue weighted by Crippen LogP contribution is -2.20. The topological polar surface area (TPSA) is 41.1 Å². The minimum Gasteiger partial charge on any atom is -0.373 e. The summed E-state index contributed by atoms with van der Waals surface area (Å²) >= 11 is 7.61. The monoisotopic (exact) mass is 324 g/mol. The Morgan fingerprint density at radius 3 is 2.67 bits per heavy atom. The summed E-state index contributed by atoms with van der Waals surface area (Å²) in [5.41, 5.74) is 1.07. The van der Waals surface area contributed by atoms with E-state index in [2.05, 4.69) is 42.2 Å². The molecule has 0 aliphatic heterocycles. The molecule has 1 N–H and O–H groups in total. The first kappa shape index (κ1) is 16.0. The van der Waals surface area contributed by atoms with E-state index >= 15 is 0 Å². The fourth-order valence-electron chi connectivity index (χ4n) is 2.25. The van der Waals surface area contributed by atoms with E-state index in [4.69, 9.17) is 16.6 Å². The normalized spacial score (nSPS) is 10.7. The molecule has 0 atom stereocenters. The van der Waals surface area contributed by atoms with Gasteiger partial charge in [-0.05, 0) is 25.5 Å². The molecule has 0 saturated carbocycles. The van der Waals surface area contributed by atoms with E-state index in [-0.39, 0.29) is 0 Å². The summed E-state index contributed by atoms with van der Waals surface area (Å²) in [5.74, 6) is 2.76. The first-order valence-corrected chi connectivity index (χ1v) is 8.25. The van der Waals surface area contributed by atoms with Crippen molar-refractivity contribution in [2.45, 2.75) is 33.2 Å². The molecule has 0 bridgehead atoms. The number of rotatable bonds is 6. The van der Waals surface area contributed by atoms with Crippen molar-refractivity contribution < 1.29 is 0 Å². The number of anilines is 2.